The Morgan fingerprint density at radius 3 is 2.30 bits per heavy atom. The molecule has 2 heteroatoms. The van der Waals surface area contributed by atoms with Gasteiger partial charge in [-0.05, 0) is 38.3 Å². The van der Waals surface area contributed by atoms with Crippen LogP contribution >= 0.6 is 0 Å². The predicted octanol–water partition coefficient (Wildman–Crippen LogP) is 6.46. The molecule has 0 aromatic heterocycles. The normalized spacial score (nSPS) is 12.1. The molecule has 0 fully saturated rings. The maximum absolute atomic E-state index is 12.3. The number of aryl methyl sites for hydroxylation is 1. The van der Waals surface area contributed by atoms with E-state index in [1.54, 1.807) is 0 Å². The Hall–Kier alpha value is -1.31. The van der Waals surface area contributed by atoms with Crippen molar-refractivity contribution in [2.75, 3.05) is 0 Å². The monoisotopic (exact) mass is 318 g/mol. The number of carbonyl (C=O) groups excluding carboxylic acids is 1. The first-order chi connectivity index (χ1) is 11.2. The van der Waals surface area contributed by atoms with E-state index in [1.165, 1.54) is 38.5 Å². The van der Waals surface area contributed by atoms with Crippen LogP contribution in [0.1, 0.15) is 94.0 Å². The van der Waals surface area contributed by atoms with Crippen LogP contribution in [0.5, 0.6) is 0 Å². The number of hydrogen-bond donors (Lipinski definition) is 0. The van der Waals surface area contributed by atoms with Crippen LogP contribution in [0, 0.1) is 6.92 Å². The van der Waals surface area contributed by atoms with E-state index in [2.05, 4.69) is 13.8 Å². The van der Waals surface area contributed by atoms with Crippen molar-refractivity contribution < 1.29 is 9.53 Å². The van der Waals surface area contributed by atoms with E-state index in [0.29, 0.717) is 5.56 Å². The molecular formula is C21H34O2. The van der Waals surface area contributed by atoms with Gasteiger partial charge in [-0.15, -0.1) is 0 Å². The fraction of sp³-hybridized carbons (Fsp3) is 0.667. The topological polar surface area (TPSA) is 26.3 Å². The van der Waals surface area contributed by atoms with Gasteiger partial charge < -0.3 is 4.74 Å². The van der Waals surface area contributed by atoms with Crippen LogP contribution in [0.4, 0.5) is 0 Å². The molecule has 130 valence electrons. The fourth-order valence-corrected chi connectivity index (χ4v) is 2.84. The average Bonchev–Trinajstić information content (AvgIpc) is 2.55. The van der Waals surface area contributed by atoms with Crippen LogP contribution < -0.4 is 0 Å². The van der Waals surface area contributed by atoms with Crippen molar-refractivity contribution in [2.45, 2.75) is 91.1 Å². The minimum Gasteiger partial charge on any atom is -0.459 e. The Balaban J connectivity index is 2.42. The van der Waals surface area contributed by atoms with Gasteiger partial charge in [-0.2, -0.15) is 0 Å². The molecule has 1 unspecified atom stereocenters. The predicted molar refractivity (Wildman–Crippen MR) is 97.9 cm³/mol. The summed E-state index contributed by atoms with van der Waals surface area (Å²) in [6.07, 6.45) is 12.0. The molecule has 0 amide bonds. The lowest BCUT2D eigenvalue weighted by atomic mass is 10.0. The summed E-state index contributed by atoms with van der Waals surface area (Å²) < 4.78 is 5.78. The second-order valence-corrected chi connectivity index (χ2v) is 6.60. The van der Waals surface area contributed by atoms with E-state index in [1.807, 2.05) is 31.2 Å². The van der Waals surface area contributed by atoms with E-state index < -0.39 is 0 Å². The van der Waals surface area contributed by atoms with Gasteiger partial charge in [0.1, 0.15) is 6.10 Å². The molecule has 23 heavy (non-hydrogen) atoms. The lowest BCUT2D eigenvalue weighted by molar-refractivity contribution is 0.0250. The first-order valence-corrected chi connectivity index (χ1v) is 9.45. The van der Waals surface area contributed by atoms with Gasteiger partial charge in [0.25, 0.3) is 0 Å². The molecule has 0 aliphatic rings. The largest absolute Gasteiger partial charge is 0.459 e. The summed E-state index contributed by atoms with van der Waals surface area (Å²) in [6.45, 7) is 6.43. The highest BCUT2D eigenvalue weighted by Crippen LogP contribution is 2.17. The molecule has 0 heterocycles. The third kappa shape index (κ3) is 8.78. The van der Waals surface area contributed by atoms with Gasteiger partial charge in [-0.25, -0.2) is 4.79 Å². The molecule has 0 radical (unpaired) electrons. The van der Waals surface area contributed by atoms with Crippen LogP contribution in [0.3, 0.4) is 0 Å². The number of unbranched alkanes of at least 4 members (excludes halogenated alkanes) is 6. The maximum Gasteiger partial charge on any atom is 0.338 e. The van der Waals surface area contributed by atoms with Crippen molar-refractivity contribution in [3.63, 3.8) is 0 Å². The zero-order valence-electron chi connectivity index (χ0n) is 15.3. The molecule has 0 N–H and O–H groups in total. The highest BCUT2D eigenvalue weighted by Gasteiger charge is 2.15. The highest BCUT2D eigenvalue weighted by atomic mass is 16.5. The Labute approximate surface area is 142 Å². The third-order valence-corrected chi connectivity index (χ3v) is 4.29. The number of hydrogen-bond acceptors (Lipinski definition) is 2. The Kier molecular flexibility index (Phi) is 10.4. The molecule has 0 spiro atoms. The van der Waals surface area contributed by atoms with Crippen molar-refractivity contribution >= 4 is 5.97 Å². The van der Waals surface area contributed by atoms with E-state index in [-0.39, 0.29) is 12.1 Å². The van der Waals surface area contributed by atoms with Gasteiger partial charge in [0, 0.05) is 0 Å². The fourth-order valence-electron chi connectivity index (χ4n) is 2.84. The lowest BCUT2D eigenvalue weighted by Gasteiger charge is -2.18. The molecule has 1 aromatic carbocycles. The second-order valence-electron chi connectivity index (χ2n) is 6.60. The third-order valence-electron chi connectivity index (χ3n) is 4.29. The molecule has 2 nitrogen and oxygen atoms in total. The summed E-state index contributed by atoms with van der Waals surface area (Å²) in [6, 6.07) is 7.67. The van der Waals surface area contributed by atoms with Crippen molar-refractivity contribution in [2.24, 2.45) is 0 Å². The van der Waals surface area contributed by atoms with E-state index in [0.717, 1.165) is 31.2 Å². The second kappa shape index (κ2) is 12.2. The van der Waals surface area contributed by atoms with Gasteiger partial charge >= 0.3 is 5.97 Å². The number of ether oxygens (including phenoxy) is 1. The Bertz CT molecular complexity index is 439. The molecule has 0 aliphatic heterocycles. The molecule has 1 aromatic rings. The van der Waals surface area contributed by atoms with E-state index in [4.69, 9.17) is 4.74 Å². The molecule has 0 saturated heterocycles. The SMILES string of the molecule is CCCCCCCCC(CCCC)OC(=O)c1cccc(C)c1. The molecular weight excluding hydrogens is 284 g/mol. The standard InChI is InChI=1S/C21H34O2/c1-4-6-8-9-10-11-16-20(15-7-5-2)23-21(22)19-14-12-13-18(3)17-19/h12-14,17,20H,4-11,15-16H2,1-3H3. The number of esters is 1. The smallest absolute Gasteiger partial charge is 0.338 e. The number of carbonyl (C=O) groups is 1. The highest BCUT2D eigenvalue weighted by molar-refractivity contribution is 5.89. The zero-order valence-corrected chi connectivity index (χ0v) is 15.3. The van der Waals surface area contributed by atoms with Gasteiger partial charge in [0.05, 0.1) is 5.56 Å². The van der Waals surface area contributed by atoms with Crippen LogP contribution in [0.2, 0.25) is 0 Å². The Morgan fingerprint density at radius 1 is 0.957 bits per heavy atom. The molecule has 1 atom stereocenters. The minimum atomic E-state index is -0.166. The molecule has 0 bridgehead atoms. The summed E-state index contributed by atoms with van der Waals surface area (Å²) >= 11 is 0. The van der Waals surface area contributed by atoms with Gasteiger partial charge in [0.15, 0.2) is 0 Å². The van der Waals surface area contributed by atoms with E-state index >= 15 is 0 Å². The minimum absolute atomic E-state index is 0.0779. The molecule has 1 rings (SSSR count). The van der Waals surface area contributed by atoms with Crippen molar-refractivity contribution in [3.05, 3.63) is 35.4 Å². The first kappa shape index (κ1) is 19.7. The number of benzene rings is 1. The van der Waals surface area contributed by atoms with Gasteiger partial charge in [0.2, 0.25) is 0 Å². The summed E-state index contributed by atoms with van der Waals surface area (Å²) in [4.78, 5) is 12.3. The maximum atomic E-state index is 12.3. The van der Waals surface area contributed by atoms with Crippen LogP contribution in [-0.2, 0) is 4.74 Å². The van der Waals surface area contributed by atoms with Crippen molar-refractivity contribution in [1.82, 2.24) is 0 Å². The zero-order chi connectivity index (χ0) is 16.9. The van der Waals surface area contributed by atoms with E-state index in [9.17, 15) is 4.79 Å². The summed E-state index contributed by atoms with van der Waals surface area (Å²) in [5.74, 6) is -0.166. The number of rotatable bonds is 12. The molecule has 0 aliphatic carbocycles. The van der Waals surface area contributed by atoms with Crippen LogP contribution in [0.15, 0.2) is 24.3 Å². The summed E-state index contributed by atoms with van der Waals surface area (Å²) in [5, 5.41) is 0. The summed E-state index contributed by atoms with van der Waals surface area (Å²) in [7, 11) is 0. The van der Waals surface area contributed by atoms with Gasteiger partial charge in [-0.1, -0.05) is 76.5 Å². The van der Waals surface area contributed by atoms with Crippen molar-refractivity contribution in [1.29, 1.82) is 0 Å². The quantitative estimate of drug-likeness (QED) is 0.326. The Morgan fingerprint density at radius 2 is 1.61 bits per heavy atom. The average molecular weight is 319 g/mol. The van der Waals surface area contributed by atoms with Crippen LogP contribution in [0.25, 0.3) is 0 Å². The first-order valence-electron chi connectivity index (χ1n) is 9.45. The lowest BCUT2D eigenvalue weighted by Crippen LogP contribution is -2.18. The summed E-state index contributed by atoms with van der Waals surface area (Å²) in [5.41, 5.74) is 1.77. The molecule has 0 saturated carbocycles. The van der Waals surface area contributed by atoms with Crippen molar-refractivity contribution in [3.8, 4) is 0 Å². The van der Waals surface area contributed by atoms with Crippen LogP contribution in [-0.4, -0.2) is 12.1 Å². The van der Waals surface area contributed by atoms with Gasteiger partial charge in [-0.3, -0.25) is 0 Å².